The van der Waals surface area contributed by atoms with Gasteiger partial charge in [-0.3, -0.25) is 4.79 Å². The van der Waals surface area contributed by atoms with Gasteiger partial charge in [-0.15, -0.1) is 11.8 Å². The van der Waals surface area contributed by atoms with Gasteiger partial charge in [0, 0.05) is 16.3 Å². The van der Waals surface area contributed by atoms with Crippen LogP contribution in [0.1, 0.15) is 24.7 Å². The number of hydrogen-bond acceptors (Lipinski definition) is 6. The van der Waals surface area contributed by atoms with Crippen molar-refractivity contribution in [2.75, 3.05) is 18.5 Å². The molecule has 134 valence electrons. The van der Waals surface area contributed by atoms with E-state index >= 15 is 0 Å². The Morgan fingerprint density at radius 1 is 1.32 bits per heavy atom. The molecule has 0 saturated carbocycles. The number of carbonyl (C=O) groups is 1. The number of aromatic nitrogens is 1. The molecule has 6 nitrogen and oxygen atoms in total. The number of amides is 1. The maximum absolute atomic E-state index is 12.4. The van der Waals surface area contributed by atoms with Gasteiger partial charge in [0.1, 0.15) is 19.0 Å². The topological polar surface area (TPSA) is 73.6 Å². The van der Waals surface area contributed by atoms with E-state index in [0.717, 1.165) is 28.0 Å². The molecular weight excluding hydrogens is 408 g/mol. The summed E-state index contributed by atoms with van der Waals surface area (Å²) in [5.74, 6) is 3.22. The molecule has 0 aliphatic carbocycles. The lowest BCUT2D eigenvalue weighted by Gasteiger charge is -2.20. The number of aryl methyl sites for hydroxylation is 1. The summed E-state index contributed by atoms with van der Waals surface area (Å²) in [7, 11) is 0. The Kier molecular flexibility index (Phi) is 5.90. The molecule has 0 spiro atoms. The van der Waals surface area contributed by atoms with Crippen molar-refractivity contribution in [2.45, 2.75) is 31.3 Å². The fourth-order valence-electron chi connectivity index (χ4n) is 2.42. The molecule has 0 unspecified atom stereocenters. The highest BCUT2D eigenvalue weighted by molar-refractivity contribution is 9.10. The number of nitrogens with zero attached hydrogens (tertiary/aromatic N) is 1. The van der Waals surface area contributed by atoms with Gasteiger partial charge in [-0.25, -0.2) is 0 Å². The summed E-state index contributed by atoms with van der Waals surface area (Å²) in [6, 6.07) is 5.59. The van der Waals surface area contributed by atoms with Gasteiger partial charge >= 0.3 is 0 Å². The maximum atomic E-state index is 12.4. The molecule has 2 heterocycles. The highest BCUT2D eigenvalue weighted by Crippen LogP contribution is 2.37. The molecule has 1 N–H and O–H groups in total. The van der Waals surface area contributed by atoms with Crippen molar-refractivity contribution in [1.29, 1.82) is 0 Å². The molecule has 8 heteroatoms. The maximum Gasteiger partial charge on any atom is 0.238 e. The minimum Gasteiger partial charge on any atom is -0.486 e. The largest absolute Gasteiger partial charge is 0.486 e. The highest BCUT2D eigenvalue weighted by atomic mass is 79.9. The molecule has 0 radical (unpaired) electrons. The number of anilines is 1. The number of thioether (sulfide) groups is 1. The second kappa shape index (κ2) is 8.14. The summed E-state index contributed by atoms with van der Waals surface area (Å²) in [6.07, 6.45) is 0.718. The molecule has 1 atom stereocenters. The molecule has 0 bridgehead atoms. The van der Waals surface area contributed by atoms with Gasteiger partial charge < -0.3 is 19.3 Å². The van der Waals surface area contributed by atoms with Crippen LogP contribution in [-0.4, -0.2) is 29.5 Å². The van der Waals surface area contributed by atoms with Crippen LogP contribution >= 0.6 is 27.7 Å². The Bertz CT molecular complexity index is 765. The molecule has 3 rings (SSSR count). The third kappa shape index (κ3) is 4.49. The van der Waals surface area contributed by atoms with Crippen LogP contribution in [0.4, 0.5) is 5.82 Å². The van der Waals surface area contributed by atoms with Crippen LogP contribution in [-0.2, 0) is 10.5 Å². The van der Waals surface area contributed by atoms with Crippen LogP contribution in [0.2, 0.25) is 0 Å². The molecular formula is C17H19BrN2O4S. The summed E-state index contributed by atoms with van der Waals surface area (Å²) in [6.45, 7) is 4.89. The lowest BCUT2D eigenvalue weighted by Crippen LogP contribution is -2.25. The molecule has 1 aliphatic heterocycles. The smallest absolute Gasteiger partial charge is 0.238 e. The van der Waals surface area contributed by atoms with E-state index in [9.17, 15) is 4.79 Å². The van der Waals surface area contributed by atoms with Crippen molar-refractivity contribution in [2.24, 2.45) is 0 Å². The summed E-state index contributed by atoms with van der Waals surface area (Å²) in [5.41, 5.74) is 1.07. The van der Waals surface area contributed by atoms with Crippen LogP contribution in [0.5, 0.6) is 11.5 Å². The van der Waals surface area contributed by atoms with Gasteiger partial charge in [0.25, 0.3) is 0 Å². The normalized spacial score (nSPS) is 14.2. The number of nitrogens with one attached hydrogen (secondary N) is 1. The fourth-order valence-corrected chi connectivity index (χ4v) is 4.13. The lowest BCUT2D eigenvalue weighted by atomic mass is 10.2. The number of rotatable bonds is 6. The van der Waals surface area contributed by atoms with Gasteiger partial charge in [0.15, 0.2) is 17.3 Å². The molecule has 0 fully saturated rings. The fraction of sp³-hybridized carbons (Fsp3) is 0.412. The van der Waals surface area contributed by atoms with Crippen molar-refractivity contribution < 1.29 is 18.8 Å². The second-order valence-electron chi connectivity index (χ2n) is 5.61. The van der Waals surface area contributed by atoms with Crippen molar-refractivity contribution in [3.63, 3.8) is 0 Å². The number of fused-ring (bicyclic) bond motifs is 1. The van der Waals surface area contributed by atoms with Crippen molar-refractivity contribution in [3.8, 4) is 11.5 Å². The molecule has 1 amide bonds. The zero-order valence-corrected chi connectivity index (χ0v) is 16.4. The van der Waals surface area contributed by atoms with Crippen LogP contribution in [0.15, 0.2) is 27.2 Å². The van der Waals surface area contributed by atoms with Crippen molar-refractivity contribution in [3.05, 3.63) is 34.0 Å². The summed E-state index contributed by atoms with van der Waals surface area (Å²) >= 11 is 5.15. The van der Waals surface area contributed by atoms with Gasteiger partial charge in [-0.1, -0.05) is 28.0 Å². The van der Waals surface area contributed by atoms with Gasteiger partial charge in [0.05, 0.1) is 5.25 Å². The molecule has 25 heavy (non-hydrogen) atoms. The summed E-state index contributed by atoms with van der Waals surface area (Å²) in [5, 5.41) is 6.41. The zero-order valence-electron chi connectivity index (χ0n) is 14.0. The first-order valence-corrected chi connectivity index (χ1v) is 9.84. The molecule has 1 aromatic carbocycles. The van der Waals surface area contributed by atoms with Crippen LogP contribution in [0.25, 0.3) is 0 Å². The standard InChI is InChI=1S/C17H19BrN2O4S/c1-3-15(17(21)19-16-6-10(2)24-20-16)25-9-11-7-13-14(8-12(11)18)23-5-4-22-13/h6-8,15H,3-5,9H2,1-2H3,(H,19,20,21)/t15-/m0/s1. The molecule has 0 saturated heterocycles. The Morgan fingerprint density at radius 2 is 2.04 bits per heavy atom. The van der Waals surface area contributed by atoms with Crippen molar-refractivity contribution >= 4 is 39.4 Å². The summed E-state index contributed by atoms with van der Waals surface area (Å²) < 4.78 is 17.1. The number of ether oxygens (including phenoxy) is 2. The first kappa shape index (κ1) is 18.1. The van der Waals surface area contributed by atoms with E-state index in [1.165, 1.54) is 0 Å². The Hall–Kier alpha value is -1.67. The molecule has 1 aliphatic rings. The number of hydrogen-bond donors (Lipinski definition) is 1. The third-order valence-corrected chi connectivity index (χ3v) is 5.86. The monoisotopic (exact) mass is 426 g/mol. The van der Waals surface area contributed by atoms with Gasteiger partial charge in [0.2, 0.25) is 5.91 Å². The van der Waals surface area contributed by atoms with E-state index in [2.05, 4.69) is 26.4 Å². The van der Waals surface area contributed by atoms with Crippen LogP contribution in [0.3, 0.4) is 0 Å². The van der Waals surface area contributed by atoms with E-state index < -0.39 is 0 Å². The SMILES string of the molecule is CC[C@H](SCc1cc2c(cc1Br)OCCO2)C(=O)Nc1cc(C)on1. The van der Waals surface area contributed by atoms with E-state index in [1.807, 2.05) is 19.1 Å². The van der Waals surface area contributed by atoms with E-state index in [1.54, 1.807) is 24.8 Å². The third-order valence-electron chi connectivity index (χ3n) is 3.69. The highest BCUT2D eigenvalue weighted by Gasteiger charge is 2.20. The number of benzene rings is 1. The predicted octanol–water partition coefficient (Wildman–Crippen LogP) is 4.17. The van der Waals surface area contributed by atoms with Gasteiger partial charge in [-0.05, 0) is 31.0 Å². The first-order valence-electron chi connectivity index (χ1n) is 8.00. The molecule has 2 aromatic rings. The van der Waals surface area contributed by atoms with Crippen molar-refractivity contribution in [1.82, 2.24) is 5.16 Å². The minimum atomic E-state index is -0.183. The Morgan fingerprint density at radius 3 is 2.68 bits per heavy atom. The van der Waals surface area contributed by atoms with Gasteiger partial charge in [-0.2, -0.15) is 0 Å². The van der Waals surface area contributed by atoms with E-state index in [-0.39, 0.29) is 11.2 Å². The zero-order chi connectivity index (χ0) is 17.8. The molecule has 1 aromatic heterocycles. The first-order chi connectivity index (χ1) is 12.1. The number of halogens is 1. The van der Waals surface area contributed by atoms with Crippen LogP contribution in [0, 0.1) is 6.92 Å². The lowest BCUT2D eigenvalue weighted by molar-refractivity contribution is -0.115. The van der Waals surface area contributed by atoms with E-state index in [0.29, 0.717) is 30.5 Å². The average Bonchev–Trinajstić information content (AvgIpc) is 3.00. The Balaban J connectivity index is 1.63. The van der Waals surface area contributed by atoms with E-state index in [4.69, 9.17) is 14.0 Å². The predicted molar refractivity (Wildman–Crippen MR) is 100 cm³/mol. The average molecular weight is 427 g/mol. The Labute approximate surface area is 158 Å². The second-order valence-corrected chi connectivity index (χ2v) is 7.65. The van der Waals surface area contributed by atoms with Crippen LogP contribution < -0.4 is 14.8 Å². The number of carbonyl (C=O) groups excluding carboxylic acids is 1. The summed E-state index contributed by atoms with van der Waals surface area (Å²) in [4.78, 5) is 12.4. The minimum absolute atomic E-state index is 0.0746. The quantitative estimate of drug-likeness (QED) is 0.746.